The van der Waals surface area contributed by atoms with Gasteiger partial charge in [-0.3, -0.25) is 9.59 Å². The predicted molar refractivity (Wildman–Crippen MR) is 107 cm³/mol. The quantitative estimate of drug-likeness (QED) is 0.386. The highest BCUT2D eigenvalue weighted by molar-refractivity contribution is 7.99. The molecule has 1 atom stereocenters. The third kappa shape index (κ3) is 5.83. The lowest BCUT2D eigenvalue weighted by Gasteiger charge is -2.14. The zero-order valence-corrected chi connectivity index (χ0v) is 17.0. The number of fused-ring (bicyclic) bond motifs is 1. The van der Waals surface area contributed by atoms with Gasteiger partial charge in [0, 0.05) is 5.69 Å². The summed E-state index contributed by atoms with van der Waals surface area (Å²) in [4.78, 5) is 28.4. The summed E-state index contributed by atoms with van der Waals surface area (Å²) >= 11 is 6.88. The molecule has 30 heavy (non-hydrogen) atoms. The fourth-order valence-electron chi connectivity index (χ4n) is 2.33. The lowest BCUT2D eigenvalue weighted by molar-refractivity contribution is -0.150. The number of hydrogen-bond acceptors (Lipinski definition) is 7. The number of rotatable bonds is 8. The van der Waals surface area contributed by atoms with Gasteiger partial charge in [0.05, 0.1) is 5.02 Å². The predicted octanol–water partition coefficient (Wildman–Crippen LogP) is 4.75. The van der Waals surface area contributed by atoms with Crippen LogP contribution in [0.5, 0.6) is 5.75 Å². The molecule has 3 aromatic rings. The van der Waals surface area contributed by atoms with Crippen LogP contribution in [0.25, 0.3) is 11.1 Å². The number of carbonyl (C=O) groups excluding carboxylic acids is 2. The molecule has 0 aliphatic rings. The molecule has 0 aliphatic heterocycles. The largest absolute Gasteiger partial charge is 0.452 e. The molecule has 1 N–H and O–H groups in total. The number of anilines is 1. The highest BCUT2D eigenvalue weighted by atomic mass is 35.5. The van der Waals surface area contributed by atoms with Gasteiger partial charge in [0.25, 0.3) is 11.1 Å². The maximum atomic E-state index is 12.3. The number of aromatic nitrogens is 1. The summed E-state index contributed by atoms with van der Waals surface area (Å²) < 4.78 is 39.3. The number of nitrogens with zero attached hydrogens (tertiary/aromatic N) is 1. The molecule has 1 amide bonds. The monoisotopic (exact) mass is 456 g/mol. The van der Waals surface area contributed by atoms with Gasteiger partial charge in [0.15, 0.2) is 11.7 Å². The van der Waals surface area contributed by atoms with Crippen LogP contribution < -0.4 is 10.1 Å². The van der Waals surface area contributed by atoms with Crippen molar-refractivity contribution in [3.05, 3.63) is 47.5 Å². The van der Waals surface area contributed by atoms with Crippen LogP contribution in [-0.4, -0.2) is 35.3 Å². The third-order valence-corrected chi connectivity index (χ3v) is 4.78. The van der Waals surface area contributed by atoms with Crippen molar-refractivity contribution in [3.8, 4) is 5.75 Å². The number of para-hydroxylation sites is 2. The lowest BCUT2D eigenvalue weighted by Crippen LogP contribution is -2.30. The van der Waals surface area contributed by atoms with E-state index < -0.39 is 24.6 Å². The first-order chi connectivity index (χ1) is 14.3. The van der Waals surface area contributed by atoms with E-state index in [1.165, 1.54) is 25.1 Å². The topological polar surface area (TPSA) is 90.7 Å². The number of thioether (sulfide) groups is 1. The van der Waals surface area contributed by atoms with Crippen molar-refractivity contribution in [1.29, 1.82) is 0 Å². The zero-order chi connectivity index (χ0) is 21.7. The maximum Gasteiger partial charge on any atom is 0.387 e. The van der Waals surface area contributed by atoms with E-state index in [0.717, 1.165) is 11.8 Å². The number of esters is 1. The molecule has 0 spiro atoms. The Kier molecular flexibility index (Phi) is 7.11. The smallest absolute Gasteiger partial charge is 0.387 e. The first kappa shape index (κ1) is 21.8. The first-order valence-electron chi connectivity index (χ1n) is 8.55. The fourth-order valence-corrected chi connectivity index (χ4v) is 3.18. The maximum absolute atomic E-state index is 12.3. The second-order valence-corrected chi connectivity index (χ2v) is 7.22. The van der Waals surface area contributed by atoms with E-state index in [0.29, 0.717) is 16.3 Å². The van der Waals surface area contributed by atoms with E-state index in [-0.39, 0.29) is 22.2 Å². The Morgan fingerprint density at radius 3 is 2.73 bits per heavy atom. The molecule has 0 radical (unpaired) electrons. The van der Waals surface area contributed by atoms with E-state index in [9.17, 15) is 18.4 Å². The van der Waals surface area contributed by atoms with Crippen molar-refractivity contribution < 1.29 is 32.3 Å². The van der Waals surface area contributed by atoms with Crippen LogP contribution in [0, 0.1) is 0 Å². The van der Waals surface area contributed by atoms with Gasteiger partial charge in [-0.25, -0.2) is 4.98 Å². The van der Waals surface area contributed by atoms with E-state index >= 15 is 0 Å². The van der Waals surface area contributed by atoms with Gasteiger partial charge < -0.3 is 19.2 Å². The number of halogens is 3. The van der Waals surface area contributed by atoms with E-state index in [4.69, 9.17) is 20.8 Å². The average Bonchev–Trinajstić information content (AvgIpc) is 3.11. The molecule has 0 saturated heterocycles. The van der Waals surface area contributed by atoms with Crippen molar-refractivity contribution in [3.63, 3.8) is 0 Å². The van der Waals surface area contributed by atoms with Crippen LogP contribution in [0.3, 0.4) is 0 Å². The Balaban J connectivity index is 1.49. The van der Waals surface area contributed by atoms with Crippen LogP contribution in [0.1, 0.15) is 6.92 Å². The molecule has 0 bridgehead atoms. The van der Waals surface area contributed by atoms with Crippen molar-refractivity contribution in [2.45, 2.75) is 24.9 Å². The molecule has 0 saturated carbocycles. The van der Waals surface area contributed by atoms with Gasteiger partial charge in [-0.1, -0.05) is 35.5 Å². The van der Waals surface area contributed by atoms with Gasteiger partial charge in [0.1, 0.15) is 17.0 Å². The lowest BCUT2D eigenvalue weighted by atomic mass is 10.3. The van der Waals surface area contributed by atoms with E-state index in [1.807, 2.05) is 12.1 Å². The number of oxazole rings is 1. The van der Waals surface area contributed by atoms with Crippen LogP contribution in [0.15, 0.2) is 52.1 Å². The average molecular weight is 457 g/mol. The second-order valence-electron chi connectivity index (χ2n) is 5.88. The molecule has 11 heteroatoms. The van der Waals surface area contributed by atoms with Gasteiger partial charge >= 0.3 is 12.6 Å². The molecule has 2 aromatic carbocycles. The number of alkyl halides is 2. The summed E-state index contributed by atoms with van der Waals surface area (Å²) in [6.07, 6.45) is -1.10. The Bertz CT molecular complexity index is 1030. The molecule has 0 aliphatic carbocycles. The summed E-state index contributed by atoms with van der Waals surface area (Å²) in [7, 11) is 0. The standard InChI is InChI=1S/C19H15ClF2N2O5S/c1-10(17(26)23-11-6-7-14(12(20)8-11)28-18(21)22)27-16(25)9-30-19-24-13-4-2-3-5-15(13)29-19/h2-8,10,18H,9H2,1H3,(H,23,26). The normalized spacial score (nSPS) is 12.0. The van der Waals surface area contributed by atoms with Crippen molar-refractivity contribution in [1.82, 2.24) is 4.98 Å². The van der Waals surface area contributed by atoms with Crippen LogP contribution in [0.4, 0.5) is 14.5 Å². The highest BCUT2D eigenvalue weighted by Crippen LogP contribution is 2.29. The molecule has 7 nitrogen and oxygen atoms in total. The minimum atomic E-state index is -3.02. The summed E-state index contributed by atoms with van der Waals surface area (Å²) in [6, 6.07) is 10.9. The Hall–Kier alpha value is -2.85. The van der Waals surface area contributed by atoms with Crippen molar-refractivity contribution >= 4 is 52.0 Å². The van der Waals surface area contributed by atoms with E-state index in [1.54, 1.807) is 12.1 Å². The Morgan fingerprint density at radius 1 is 1.27 bits per heavy atom. The summed E-state index contributed by atoms with van der Waals surface area (Å²) in [5, 5.41) is 2.69. The van der Waals surface area contributed by atoms with E-state index in [2.05, 4.69) is 15.0 Å². The number of nitrogens with one attached hydrogen (secondary N) is 1. The number of carbonyl (C=O) groups is 2. The molecule has 1 unspecified atom stereocenters. The SMILES string of the molecule is CC(OC(=O)CSc1nc2ccccc2o1)C(=O)Nc1ccc(OC(F)F)c(Cl)c1. The summed E-state index contributed by atoms with van der Waals surface area (Å²) in [6.45, 7) is -1.62. The molecule has 3 rings (SSSR count). The van der Waals surface area contributed by atoms with Gasteiger partial charge in [-0.15, -0.1) is 0 Å². The molecule has 1 heterocycles. The van der Waals surface area contributed by atoms with Gasteiger partial charge in [-0.05, 0) is 37.3 Å². The zero-order valence-electron chi connectivity index (χ0n) is 15.4. The summed E-state index contributed by atoms with van der Waals surface area (Å²) in [5.74, 6) is -1.58. The Labute approximate surface area is 178 Å². The van der Waals surface area contributed by atoms with Crippen LogP contribution in [0.2, 0.25) is 5.02 Å². The number of ether oxygens (including phenoxy) is 2. The number of hydrogen-bond donors (Lipinski definition) is 1. The minimum Gasteiger partial charge on any atom is -0.452 e. The third-order valence-electron chi connectivity index (χ3n) is 3.68. The molecule has 1 aromatic heterocycles. The first-order valence-corrected chi connectivity index (χ1v) is 9.91. The van der Waals surface area contributed by atoms with Crippen LogP contribution >= 0.6 is 23.4 Å². The molecule has 158 valence electrons. The van der Waals surface area contributed by atoms with Crippen molar-refractivity contribution in [2.24, 2.45) is 0 Å². The molecular formula is C19H15ClF2N2O5S. The van der Waals surface area contributed by atoms with Gasteiger partial charge in [0.2, 0.25) is 0 Å². The molecule has 0 fully saturated rings. The highest BCUT2D eigenvalue weighted by Gasteiger charge is 2.19. The number of amides is 1. The molecular weight excluding hydrogens is 442 g/mol. The van der Waals surface area contributed by atoms with Gasteiger partial charge in [-0.2, -0.15) is 8.78 Å². The summed E-state index contributed by atoms with van der Waals surface area (Å²) in [5.41, 5.74) is 1.50. The van der Waals surface area contributed by atoms with Crippen LogP contribution in [-0.2, 0) is 14.3 Å². The Morgan fingerprint density at radius 2 is 2.03 bits per heavy atom. The second kappa shape index (κ2) is 9.77. The number of benzene rings is 2. The van der Waals surface area contributed by atoms with Crippen molar-refractivity contribution in [2.75, 3.05) is 11.1 Å². The minimum absolute atomic E-state index is 0.101. The fraction of sp³-hybridized carbons (Fsp3) is 0.211.